The van der Waals surface area contributed by atoms with E-state index in [9.17, 15) is 5.26 Å². The Kier molecular flexibility index (Phi) is 4.97. The van der Waals surface area contributed by atoms with Crippen LogP contribution >= 0.6 is 0 Å². The highest BCUT2D eigenvalue weighted by atomic mass is 16.5. The first-order valence-electron chi connectivity index (χ1n) is 9.69. The third-order valence-corrected chi connectivity index (χ3v) is 5.45. The minimum Gasteiger partial charge on any atom is -0.496 e. The first-order valence-corrected chi connectivity index (χ1v) is 9.69. The number of pyridine rings is 2. The molecule has 0 radical (unpaired) electrons. The highest BCUT2D eigenvalue weighted by Crippen LogP contribution is 2.35. The Balaban J connectivity index is 1.90. The predicted octanol–water partition coefficient (Wildman–Crippen LogP) is 4.26. The number of nitriles is 1. The molecule has 1 aromatic carbocycles. The summed E-state index contributed by atoms with van der Waals surface area (Å²) in [7, 11) is 1.66. The molecule has 5 heteroatoms. The van der Waals surface area contributed by atoms with Crippen molar-refractivity contribution in [3.05, 3.63) is 52.7 Å². The lowest BCUT2D eigenvalue weighted by Gasteiger charge is -2.22. The third kappa shape index (κ3) is 3.32. The predicted molar refractivity (Wildman–Crippen MR) is 111 cm³/mol. The molecule has 1 saturated heterocycles. The number of ether oxygens (including phenoxy) is 1. The number of methoxy groups -OCH3 is 1. The average molecular weight is 372 g/mol. The Morgan fingerprint density at radius 3 is 2.75 bits per heavy atom. The molecule has 1 fully saturated rings. The number of piperidine rings is 1. The standard InChI is InChI=1S/C23H24N4O/c1-14-9-15(2)22(21(10-14)28-3)20-11-17(12-24)18-6-7-19(26-23(18)27-20)16-5-4-8-25-13-16/h6-7,9-11,16,25H,4-5,8,13H2,1-3H3. The summed E-state index contributed by atoms with van der Waals surface area (Å²) in [6.07, 6.45) is 2.28. The third-order valence-electron chi connectivity index (χ3n) is 5.45. The second-order valence-corrected chi connectivity index (χ2v) is 7.48. The van der Waals surface area contributed by atoms with Crippen LogP contribution in [0.5, 0.6) is 5.75 Å². The van der Waals surface area contributed by atoms with Gasteiger partial charge in [0.1, 0.15) is 5.75 Å². The molecule has 1 unspecified atom stereocenters. The number of hydrogen-bond acceptors (Lipinski definition) is 5. The van der Waals surface area contributed by atoms with Crippen molar-refractivity contribution in [1.82, 2.24) is 15.3 Å². The molecule has 1 N–H and O–H groups in total. The van der Waals surface area contributed by atoms with E-state index >= 15 is 0 Å². The van der Waals surface area contributed by atoms with Gasteiger partial charge < -0.3 is 10.1 Å². The zero-order valence-electron chi connectivity index (χ0n) is 16.5. The quantitative estimate of drug-likeness (QED) is 0.744. The van der Waals surface area contributed by atoms with E-state index in [0.29, 0.717) is 17.1 Å². The minimum atomic E-state index is 0.393. The lowest BCUT2D eigenvalue weighted by molar-refractivity contribution is 0.415. The summed E-state index contributed by atoms with van der Waals surface area (Å²) in [4.78, 5) is 9.70. The Morgan fingerprint density at radius 1 is 1.18 bits per heavy atom. The van der Waals surface area contributed by atoms with Crippen LogP contribution in [0, 0.1) is 25.2 Å². The second-order valence-electron chi connectivity index (χ2n) is 7.48. The van der Waals surface area contributed by atoms with Crippen LogP contribution < -0.4 is 10.1 Å². The zero-order valence-corrected chi connectivity index (χ0v) is 16.5. The van der Waals surface area contributed by atoms with Crippen LogP contribution in [0.15, 0.2) is 30.3 Å². The fourth-order valence-electron chi connectivity index (χ4n) is 4.09. The van der Waals surface area contributed by atoms with Gasteiger partial charge in [0.15, 0.2) is 5.65 Å². The van der Waals surface area contributed by atoms with Gasteiger partial charge in [-0.15, -0.1) is 0 Å². The summed E-state index contributed by atoms with van der Waals surface area (Å²) in [5, 5.41) is 14.0. The van der Waals surface area contributed by atoms with Crippen LogP contribution in [-0.4, -0.2) is 30.2 Å². The van der Waals surface area contributed by atoms with Gasteiger partial charge in [-0.05, 0) is 68.6 Å². The molecule has 0 aliphatic carbocycles. The van der Waals surface area contributed by atoms with Crippen molar-refractivity contribution in [3.8, 4) is 23.1 Å². The van der Waals surface area contributed by atoms with Crippen molar-refractivity contribution in [2.24, 2.45) is 0 Å². The maximum atomic E-state index is 9.72. The molecule has 1 atom stereocenters. The molecule has 1 aliphatic rings. The summed E-state index contributed by atoms with van der Waals surface area (Å²) in [5.41, 5.74) is 6.09. The van der Waals surface area contributed by atoms with E-state index in [2.05, 4.69) is 17.5 Å². The van der Waals surface area contributed by atoms with Gasteiger partial charge >= 0.3 is 0 Å². The second kappa shape index (κ2) is 7.57. The summed E-state index contributed by atoms with van der Waals surface area (Å²) in [6, 6.07) is 12.3. The Hall–Kier alpha value is -2.97. The Labute approximate surface area is 165 Å². The van der Waals surface area contributed by atoms with Crippen molar-refractivity contribution >= 4 is 11.0 Å². The van der Waals surface area contributed by atoms with Crippen molar-refractivity contribution in [1.29, 1.82) is 5.26 Å². The first kappa shape index (κ1) is 18.4. The van der Waals surface area contributed by atoms with Crippen LogP contribution in [0.25, 0.3) is 22.3 Å². The summed E-state index contributed by atoms with van der Waals surface area (Å²) in [6.45, 7) is 6.09. The van der Waals surface area contributed by atoms with Gasteiger partial charge in [0.2, 0.25) is 0 Å². The monoisotopic (exact) mass is 372 g/mol. The van der Waals surface area contributed by atoms with E-state index in [0.717, 1.165) is 65.1 Å². The van der Waals surface area contributed by atoms with Crippen LogP contribution in [0.2, 0.25) is 0 Å². The number of benzene rings is 1. The van der Waals surface area contributed by atoms with E-state index < -0.39 is 0 Å². The number of hydrogen-bond donors (Lipinski definition) is 1. The number of aromatic nitrogens is 2. The van der Waals surface area contributed by atoms with Gasteiger partial charge in [0, 0.05) is 29.1 Å². The van der Waals surface area contributed by atoms with E-state index in [4.69, 9.17) is 14.7 Å². The Morgan fingerprint density at radius 2 is 2.04 bits per heavy atom. The molecule has 3 heterocycles. The fourth-order valence-corrected chi connectivity index (χ4v) is 4.09. The SMILES string of the molecule is COc1cc(C)cc(C)c1-c1cc(C#N)c2ccc(C3CCCNC3)nc2n1. The first-order chi connectivity index (χ1) is 13.6. The molecule has 5 nitrogen and oxygen atoms in total. The molecule has 0 spiro atoms. The molecule has 0 saturated carbocycles. The number of nitrogens with zero attached hydrogens (tertiary/aromatic N) is 3. The normalized spacial score (nSPS) is 16.7. The summed E-state index contributed by atoms with van der Waals surface area (Å²) in [5.74, 6) is 1.16. The summed E-state index contributed by atoms with van der Waals surface area (Å²) >= 11 is 0. The molecular weight excluding hydrogens is 348 g/mol. The van der Waals surface area contributed by atoms with Crippen LogP contribution in [0.4, 0.5) is 0 Å². The molecule has 2 aromatic heterocycles. The van der Waals surface area contributed by atoms with Crippen molar-refractivity contribution in [2.75, 3.05) is 20.2 Å². The molecule has 3 aromatic rings. The van der Waals surface area contributed by atoms with Gasteiger partial charge in [-0.3, -0.25) is 0 Å². The molecular formula is C23H24N4O. The molecule has 142 valence electrons. The maximum Gasteiger partial charge on any atom is 0.161 e. The van der Waals surface area contributed by atoms with Gasteiger partial charge in [0.05, 0.1) is 24.4 Å². The van der Waals surface area contributed by atoms with Crippen molar-refractivity contribution in [3.63, 3.8) is 0 Å². The number of aryl methyl sites for hydroxylation is 2. The molecule has 0 bridgehead atoms. The highest BCUT2D eigenvalue weighted by molar-refractivity contribution is 5.86. The smallest absolute Gasteiger partial charge is 0.161 e. The van der Waals surface area contributed by atoms with Crippen LogP contribution in [0.3, 0.4) is 0 Å². The van der Waals surface area contributed by atoms with Crippen molar-refractivity contribution in [2.45, 2.75) is 32.6 Å². The number of nitrogens with one attached hydrogen (secondary N) is 1. The largest absolute Gasteiger partial charge is 0.496 e. The molecule has 28 heavy (non-hydrogen) atoms. The van der Waals surface area contributed by atoms with Gasteiger partial charge in [-0.25, -0.2) is 9.97 Å². The highest BCUT2D eigenvalue weighted by Gasteiger charge is 2.19. The van der Waals surface area contributed by atoms with Gasteiger partial charge in [0.25, 0.3) is 0 Å². The van der Waals surface area contributed by atoms with E-state index in [-0.39, 0.29) is 0 Å². The van der Waals surface area contributed by atoms with Crippen LogP contribution in [-0.2, 0) is 0 Å². The van der Waals surface area contributed by atoms with E-state index in [1.807, 2.05) is 38.1 Å². The van der Waals surface area contributed by atoms with E-state index in [1.165, 1.54) is 0 Å². The minimum absolute atomic E-state index is 0.393. The fraction of sp³-hybridized carbons (Fsp3) is 0.348. The van der Waals surface area contributed by atoms with Crippen LogP contribution in [0.1, 0.15) is 41.1 Å². The topological polar surface area (TPSA) is 70.8 Å². The van der Waals surface area contributed by atoms with Crippen molar-refractivity contribution < 1.29 is 4.74 Å². The number of rotatable bonds is 3. The van der Waals surface area contributed by atoms with Gasteiger partial charge in [-0.2, -0.15) is 5.26 Å². The average Bonchev–Trinajstić information content (AvgIpc) is 2.72. The summed E-state index contributed by atoms with van der Waals surface area (Å²) < 4.78 is 5.61. The molecule has 0 amide bonds. The molecule has 1 aliphatic heterocycles. The maximum absolute atomic E-state index is 9.72. The Bertz CT molecular complexity index is 1080. The molecule has 4 rings (SSSR count). The van der Waals surface area contributed by atoms with E-state index in [1.54, 1.807) is 7.11 Å². The zero-order chi connectivity index (χ0) is 19.7. The lowest BCUT2D eigenvalue weighted by atomic mass is 9.95. The van der Waals surface area contributed by atoms with Gasteiger partial charge in [-0.1, -0.05) is 6.07 Å². The number of fused-ring (bicyclic) bond motifs is 1. The lowest BCUT2D eigenvalue weighted by Crippen LogP contribution is -2.28.